The van der Waals surface area contributed by atoms with Gasteiger partial charge in [-0.05, 0) is 30.4 Å². The second-order valence-corrected chi connectivity index (χ2v) is 7.06. The van der Waals surface area contributed by atoms with E-state index in [2.05, 4.69) is 4.98 Å². The van der Waals surface area contributed by atoms with Gasteiger partial charge in [-0.1, -0.05) is 0 Å². The highest BCUT2D eigenvalue weighted by Gasteiger charge is 2.27. The van der Waals surface area contributed by atoms with Crippen LogP contribution < -0.4 is 0 Å². The Balaban J connectivity index is 1.74. The van der Waals surface area contributed by atoms with E-state index in [0.29, 0.717) is 31.8 Å². The lowest BCUT2D eigenvalue weighted by Crippen LogP contribution is -2.37. The van der Waals surface area contributed by atoms with E-state index >= 15 is 0 Å². The third-order valence-corrected chi connectivity index (χ3v) is 5.52. The number of allylic oxidation sites excluding steroid dienone is 2. The van der Waals surface area contributed by atoms with Crippen LogP contribution in [-0.4, -0.2) is 47.3 Å². The van der Waals surface area contributed by atoms with Crippen LogP contribution in [0.25, 0.3) is 0 Å². The molecular formula is C15H17N3O3S. The zero-order valence-corrected chi connectivity index (χ0v) is 12.8. The number of pyridine rings is 1. The zero-order valence-electron chi connectivity index (χ0n) is 12.0. The van der Waals surface area contributed by atoms with Crippen molar-refractivity contribution in [1.29, 1.82) is 0 Å². The smallest absolute Gasteiger partial charge is 0.244 e. The largest absolute Gasteiger partial charge is 0.510 e. The number of hydrogen-bond acceptors (Lipinski definition) is 5. The molecule has 0 unspecified atom stereocenters. The van der Waals surface area contributed by atoms with Crippen LogP contribution in [0.2, 0.25) is 0 Å². The zero-order chi connectivity index (χ0) is 15.6. The molecule has 0 saturated heterocycles. The highest BCUT2D eigenvalue weighted by molar-refractivity contribution is 7.89. The molecule has 0 aromatic carbocycles. The van der Waals surface area contributed by atoms with E-state index in [-0.39, 0.29) is 4.90 Å². The van der Waals surface area contributed by atoms with E-state index in [0.717, 1.165) is 5.70 Å². The molecule has 0 amide bonds. The quantitative estimate of drug-likeness (QED) is 0.916. The van der Waals surface area contributed by atoms with E-state index in [1.807, 2.05) is 17.2 Å². The lowest BCUT2D eigenvalue weighted by molar-refractivity contribution is 0.321. The number of aliphatic hydroxyl groups is 1. The lowest BCUT2D eigenvalue weighted by Gasteiger charge is -2.31. The van der Waals surface area contributed by atoms with Gasteiger partial charge in [-0.3, -0.25) is 4.98 Å². The molecule has 2 aliphatic heterocycles. The average molecular weight is 319 g/mol. The minimum absolute atomic E-state index is 0.213. The second-order valence-electron chi connectivity index (χ2n) is 5.12. The van der Waals surface area contributed by atoms with Crippen LogP contribution in [0.5, 0.6) is 0 Å². The molecule has 3 rings (SSSR count). The van der Waals surface area contributed by atoms with Gasteiger partial charge >= 0.3 is 0 Å². The van der Waals surface area contributed by atoms with Gasteiger partial charge in [0.1, 0.15) is 10.7 Å². The molecule has 0 spiro atoms. The predicted octanol–water partition coefficient (Wildman–Crippen LogP) is 1.63. The summed E-state index contributed by atoms with van der Waals surface area (Å²) in [6.07, 6.45) is 10.7. The Morgan fingerprint density at radius 3 is 2.82 bits per heavy atom. The summed E-state index contributed by atoms with van der Waals surface area (Å²) in [6, 6.07) is 3.17. The van der Waals surface area contributed by atoms with Gasteiger partial charge in [0.15, 0.2) is 0 Å². The molecule has 7 heteroatoms. The van der Waals surface area contributed by atoms with Crippen molar-refractivity contribution in [2.45, 2.75) is 11.3 Å². The molecule has 116 valence electrons. The third-order valence-electron chi connectivity index (χ3n) is 3.68. The molecule has 0 fully saturated rings. The molecular weight excluding hydrogens is 302 g/mol. The number of sulfonamides is 1. The topological polar surface area (TPSA) is 73.7 Å². The van der Waals surface area contributed by atoms with E-state index in [9.17, 15) is 13.5 Å². The summed E-state index contributed by atoms with van der Waals surface area (Å²) in [5.41, 5.74) is 1.02. The normalized spacial score (nSPS) is 19.7. The first-order chi connectivity index (χ1) is 10.6. The number of nitrogens with zero attached hydrogens (tertiary/aromatic N) is 3. The Morgan fingerprint density at radius 1 is 1.32 bits per heavy atom. The van der Waals surface area contributed by atoms with Gasteiger partial charge in [0.05, 0.1) is 6.54 Å². The molecule has 0 radical (unpaired) electrons. The maximum Gasteiger partial charge on any atom is 0.244 e. The molecule has 0 atom stereocenters. The molecule has 3 heterocycles. The van der Waals surface area contributed by atoms with Crippen molar-refractivity contribution in [3.63, 3.8) is 0 Å². The molecule has 6 nitrogen and oxygen atoms in total. The highest BCUT2D eigenvalue weighted by Crippen LogP contribution is 2.23. The van der Waals surface area contributed by atoms with Crippen LogP contribution in [0.15, 0.2) is 65.3 Å². The Kier molecular flexibility index (Phi) is 4.00. The van der Waals surface area contributed by atoms with Gasteiger partial charge in [0.2, 0.25) is 10.0 Å². The molecule has 2 aliphatic rings. The van der Waals surface area contributed by atoms with Crippen molar-refractivity contribution < 1.29 is 13.5 Å². The summed E-state index contributed by atoms with van der Waals surface area (Å²) in [4.78, 5) is 6.02. The number of hydrogen-bond donors (Lipinski definition) is 1. The molecule has 22 heavy (non-hydrogen) atoms. The SMILES string of the molecule is O=S(=O)(c1cccnc1)N1CC=C(N2C=CC=C(O)C2)CC1. The molecule has 1 N–H and O–H groups in total. The van der Waals surface area contributed by atoms with Crippen LogP contribution in [0.4, 0.5) is 0 Å². The van der Waals surface area contributed by atoms with Gasteiger partial charge in [0.25, 0.3) is 0 Å². The summed E-state index contributed by atoms with van der Waals surface area (Å²) >= 11 is 0. The first-order valence-electron chi connectivity index (χ1n) is 6.99. The fourth-order valence-corrected chi connectivity index (χ4v) is 3.85. The summed E-state index contributed by atoms with van der Waals surface area (Å²) in [5, 5.41) is 9.57. The molecule has 0 saturated carbocycles. The van der Waals surface area contributed by atoms with E-state index in [1.54, 1.807) is 30.5 Å². The maximum atomic E-state index is 12.5. The average Bonchev–Trinajstić information content (AvgIpc) is 2.56. The van der Waals surface area contributed by atoms with Crippen molar-refractivity contribution in [2.75, 3.05) is 19.6 Å². The van der Waals surface area contributed by atoms with Gasteiger partial charge in [0, 0.05) is 43.8 Å². The van der Waals surface area contributed by atoms with Crippen molar-refractivity contribution in [3.8, 4) is 0 Å². The molecule has 1 aromatic rings. The summed E-state index contributed by atoms with van der Waals surface area (Å²) in [5.74, 6) is 0.300. The second kappa shape index (κ2) is 5.94. The fourth-order valence-electron chi connectivity index (χ4n) is 2.50. The van der Waals surface area contributed by atoms with E-state index in [1.165, 1.54) is 10.5 Å². The van der Waals surface area contributed by atoms with Crippen LogP contribution in [0, 0.1) is 0 Å². The predicted molar refractivity (Wildman–Crippen MR) is 82.3 cm³/mol. The van der Waals surface area contributed by atoms with E-state index < -0.39 is 10.0 Å². The number of rotatable bonds is 3. The Bertz CT molecular complexity index is 739. The number of aliphatic hydroxyl groups excluding tert-OH is 1. The Labute approximate surface area is 129 Å². The van der Waals surface area contributed by atoms with Crippen LogP contribution in [0.1, 0.15) is 6.42 Å². The highest BCUT2D eigenvalue weighted by atomic mass is 32.2. The van der Waals surface area contributed by atoms with E-state index in [4.69, 9.17) is 0 Å². The summed E-state index contributed by atoms with van der Waals surface area (Å²) < 4.78 is 26.4. The van der Waals surface area contributed by atoms with Crippen LogP contribution in [-0.2, 0) is 10.0 Å². The Morgan fingerprint density at radius 2 is 2.18 bits per heavy atom. The lowest BCUT2D eigenvalue weighted by atomic mass is 10.2. The fraction of sp³-hybridized carbons (Fsp3) is 0.267. The van der Waals surface area contributed by atoms with Gasteiger partial charge < -0.3 is 10.0 Å². The van der Waals surface area contributed by atoms with Crippen molar-refractivity contribution in [1.82, 2.24) is 14.2 Å². The van der Waals surface area contributed by atoms with Gasteiger partial charge in [-0.15, -0.1) is 0 Å². The first-order valence-corrected chi connectivity index (χ1v) is 8.43. The summed E-state index contributed by atoms with van der Waals surface area (Å²) in [6.45, 7) is 1.16. The third kappa shape index (κ3) is 2.90. The number of aromatic nitrogens is 1. The van der Waals surface area contributed by atoms with Crippen molar-refractivity contribution in [2.24, 2.45) is 0 Å². The summed E-state index contributed by atoms with van der Waals surface area (Å²) in [7, 11) is -3.50. The standard InChI is InChI=1S/C15H17N3O3S/c19-14-3-2-8-17(12-14)13-5-9-18(10-6-13)22(20,21)15-4-1-7-16-11-15/h1-5,7-8,11,19H,6,9-10,12H2. The molecule has 1 aromatic heterocycles. The van der Waals surface area contributed by atoms with Crippen LogP contribution in [0.3, 0.4) is 0 Å². The minimum Gasteiger partial charge on any atom is -0.510 e. The van der Waals surface area contributed by atoms with Gasteiger partial charge in [-0.2, -0.15) is 4.31 Å². The molecule has 0 aliphatic carbocycles. The maximum absolute atomic E-state index is 12.5. The van der Waals surface area contributed by atoms with Crippen LogP contribution >= 0.6 is 0 Å². The van der Waals surface area contributed by atoms with Crippen molar-refractivity contribution >= 4 is 10.0 Å². The van der Waals surface area contributed by atoms with Gasteiger partial charge in [-0.25, -0.2) is 8.42 Å². The Hall–Kier alpha value is -2.12. The first kappa shape index (κ1) is 14.8. The minimum atomic E-state index is -3.50. The molecule has 0 bridgehead atoms. The monoisotopic (exact) mass is 319 g/mol. The van der Waals surface area contributed by atoms with Crippen molar-refractivity contribution in [3.05, 3.63) is 60.4 Å².